The Kier molecular flexibility index (Phi) is 2.04. The molecule has 0 radical (unpaired) electrons. The Morgan fingerprint density at radius 1 is 1.43 bits per heavy atom. The van der Waals surface area contributed by atoms with E-state index in [1.54, 1.807) is 19.1 Å². The Bertz CT molecular complexity index is 511. The number of rotatable bonds is 1. The van der Waals surface area contributed by atoms with Gasteiger partial charge in [-0.3, -0.25) is 4.79 Å². The maximum atomic E-state index is 11.3. The van der Waals surface area contributed by atoms with E-state index in [2.05, 4.69) is 0 Å². The largest absolute Gasteiger partial charge is 0.507 e. The highest BCUT2D eigenvalue weighted by Gasteiger charge is 2.13. The van der Waals surface area contributed by atoms with Gasteiger partial charge in [0, 0.05) is 10.1 Å². The summed E-state index contributed by atoms with van der Waals surface area (Å²) in [6.07, 6.45) is 0. The fourth-order valence-corrected chi connectivity index (χ4v) is 2.74. The first-order valence-electron chi connectivity index (χ1n) is 4.33. The summed E-state index contributed by atoms with van der Waals surface area (Å²) in [5, 5.41) is 10.5. The number of hydrogen-bond donors (Lipinski definition) is 1. The highest BCUT2D eigenvalue weighted by atomic mass is 32.1. The molecule has 2 rings (SSSR count). The molecule has 14 heavy (non-hydrogen) atoms. The molecule has 2 aromatic rings. The number of carbonyl (C=O) groups excluding carboxylic acids is 1. The van der Waals surface area contributed by atoms with Crippen LogP contribution in [0.5, 0.6) is 5.75 Å². The van der Waals surface area contributed by atoms with E-state index in [-0.39, 0.29) is 11.5 Å². The van der Waals surface area contributed by atoms with E-state index < -0.39 is 0 Å². The normalized spacial score (nSPS) is 10.7. The van der Waals surface area contributed by atoms with Crippen molar-refractivity contribution in [3.05, 3.63) is 28.6 Å². The van der Waals surface area contributed by atoms with Gasteiger partial charge in [-0.1, -0.05) is 6.07 Å². The molecular formula is C11H10O2S. The molecule has 72 valence electrons. The van der Waals surface area contributed by atoms with Crippen LogP contribution in [0.15, 0.2) is 18.2 Å². The van der Waals surface area contributed by atoms with Crippen LogP contribution >= 0.6 is 11.3 Å². The van der Waals surface area contributed by atoms with Gasteiger partial charge in [0.2, 0.25) is 0 Å². The average molecular weight is 206 g/mol. The van der Waals surface area contributed by atoms with Gasteiger partial charge in [0.25, 0.3) is 0 Å². The van der Waals surface area contributed by atoms with Crippen LogP contribution in [0.25, 0.3) is 10.1 Å². The summed E-state index contributed by atoms with van der Waals surface area (Å²) < 4.78 is 0.965. The van der Waals surface area contributed by atoms with Gasteiger partial charge in [0.15, 0.2) is 5.78 Å². The maximum absolute atomic E-state index is 11.3. The number of hydrogen-bond acceptors (Lipinski definition) is 3. The third-order valence-electron chi connectivity index (χ3n) is 2.25. The predicted octanol–water partition coefficient (Wildman–Crippen LogP) is 3.12. The molecule has 0 aliphatic carbocycles. The van der Waals surface area contributed by atoms with Crippen LogP contribution in [0.2, 0.25) is 0 Å². The molecule has 0 fully saturated rings. The van der Waals surface area contributed by atoms with Crippen molar-refractivity contribution in [1.29, 1.82) is 0 Å². The zero-order valence-electron chi connectivity index (χ0n) is 8.00. The molecular weight excluding hydrogens is 196 g/mol. The first-order valence-corrected chi connectivity index (χ1v) is 5.15. The van der Waals surface area contributed by atoms with Crippen molar-refractivity contribution < 1.29 is 9.90 Å². The monoisotopic (exact) mass is 206 g/mol. The van der Waals surface area contributed by atoms with E-state index >= 15 is 0 Å². The average Bonchev–Trinajstić information content (AvgIpc) is 2.45. The minimum atomic E-state index is 0.0584. The van der Waals surface area contributed by atoms with Gasteiger partial charge < -0.3 is 5.11 Å². The Morgan fingerprint density at radius 2 is 2.14 bits per heavy atom. The Labute approximate surface area is 85.8 Å². The number of carbonyl (C=O) groups is 1. The number of phenolic OH excluding ortho intramolecular Hbond substituents is 1. The first-order chi connectivity index (χ1) is 6.61. The molecule has 0 saturated carbocycles. The van der Waals surface area contributed by atoms with Crippen LogP contribution in [0.4, 0.5) is 0 Å². The lowest BCUT2D eigenvalue weighted by atomic mass is 10.1. The van der Waals surface area contributed by atoms with Crippen LogP contribution in [-0.2, 0) is 0 Å². The van der Waals surface area contributed by atoms with Crippen LogP contribution < -0.4 is 0 Å². The molecule has 0 saturated heterocycles. The molecule has 0 aliphatic heterocycles. The van der Waals surface area contributed by atoms with E-state index in [4.69, 9.17) is 0 Å². The zero-order valence-corrected chi connectivity index (χ0v) is 8.81. The van der Waals surface area contributed by atoms with E-state index in [9.17, 15) is 9.90 Å². The summed E-state index contributed by atoms with van der Waals surface area (Å²) in [4.78, 5) is 12.0. The summed E-state index contributed by atoms with van der Waals surface area (Å²) >= 11 is 1.44. The lowest BCUT2D eigenvalue weighted by Gasteiger charge is -1.95. The third-order valence-corrected chi connectivity index (χ3v) is 3.61. The second kappa shape index (κ2) is 3.10. The Hall–Kier alpha value is -1.35. The molecule has 0 amide bonds. The van der Waals surface area contributed by atoms with E-state index in [0.29, 0.717) is 0 Å². The van der Waals surface area contributed by atoms with E-state index in [1.807, 2.05) is 13.0 Å². The number of aryl methyl sites for hydroxylation is 1. The van der Waals surface area contributed by atoms with Crippen molar-refractivity contribution in [1.82, 2.24) is 0 Å². The van der Waals surface area contributed by atoms with E-state index in [0.717, 1.165) is 20.5 Å². The predicted molar refractivity (Wildman–Crippen MR) is 58.2 cm³/mol. The maximum Gasteiger partial charge on any atom is 0.170 e. The van der Waals surface area contributed by atoms with Crippen molar-refractivity contribution in [3.8, 4) is 5.75 Å². The summed E-state index contributed by atoms with van der Waals surface area (Å²) in [7, 11) is 0. The van der Waals surface area contributed by atoms with Crippen LogP contribution in [0.1, 0.15) is 22.2 Å². The molecule has 1 heterocycles. The number of benzene rings is 1. The molecule has 0 bridgehead atoms. The fourth-order valence-electron chi connectivity index (χ4n) is 1.62. The highest BCUT2D eigenvalue weighted by Crippen LogP contribution is 2.36. The number of Topliss-reactive ketones (excluding diaryl/α,β-unsaturated/α-hetero) is 1. The second-order valence-corrected chi connectivity index (χ2v) is 4.31. The minimum Gasteiger partial charge on any atom is -0.507 e. The van der Waals surface area contributed by atoms with Gasteiger partial charge in [0.05, 0.1) is 4.88 Å². The van der Waals surface area contributed by atoms with Crippen molar-refractivity contribution in [3.63, 3.8) is 0 Å². The summed E-state index contributed by atoms with van der Waals surface area (Å²) in [5.74, 6) is 0.312. The molecule has 0 aliphatic rings. The SMILES string of the molecule is CC(=O)c1sc2cccc(O)c2c1C. The number of thiophene rings is 1. The Morgan fingerprint density at radius 3 is 2.71 bits per heavy atom. The molecule has 2 nitrogen and oxygen atoms in total. The second-order valence-electron chi connectivity index (χ2n) is 3.26. The zero-order chi connectivity index (χ0) is 10.3. The third kappa shape index (κ3) is 1.21. The van der Waals surface area contributed by atoms with Gasteiger partial charge in [-0.15, -0.1) is 11.3 Å². The van der Waals surface area contributed by atoms with E-state index in [1.165, 1.54) is 11.3 Å². The van der Waals surface area contributed by atoms with Crippen molar-refractivity contribution >= 4 is 27.2 Å². The topological polar surface area (TPSA) is 37.3 Å². The minimum absolute atomic E-state index is 0.0584. The standard InChI is InChI=1S/C11H10O2S/c1-6-10-8(13)4-3-5-9(10)14-11(6)7(2)12/h3-5,13H,1-2H3. The highest BCUT2D eigenvalue weighted by molar-refractivity contribution is 7.21. The van der Waals surface area contributed by atoms with Crippen molar-refractivity contribution in [2.75, 3.05) is 0 Å². The lowest BCUT2D eigenvalue weighted by Crippen LogP contribution is -1.88. The summed E-state index contributed by atoms with van der Waals surface area (Å²) in [6.45, 7) is 3.42. The number of phenols is 1. The quantitative estimate of drug-likeness (QED) is 0.728. The molecule has 0 spiro atoms. The first kappa shape index (κ1) is 9.21. The molecule has 1 N–H and O–H groups in total. The molecule has 3 heteroatoms. The van der Waals surface area contributed by atoms with Crippen LogP contribution in [-0.4, -0.2) is 10.9 Å². The van der Waals surface area contributed by atoms with Crippen LogP contribution in [0, 0.1) is 6.92 Å². The smallest absolute Gasteiger partial charge is 0.170 e. The van der Waals surface area contributed by atoms with Crippen molar-refractivity contribution in [2.24, 2.45) is 0 Å². The van der Waals surface area contributed by atoms with Gasteiger partial charge >= 0.3 is 0 Å². The molecule has 1 aromatic heterocycles. The van der Waals surface area contributed by atoms with Gasteiger partial charge in [-0.05, 0) is 31.5 Å². The fraction of sp³-hybridized carbons (Fsp3) is 0.182. The molecule has 1 aromatic carbocycles. The van der Waals surface area contributed by atoms with Crippen LogP contribution in [0.3, 0.4) is 0 Å². The number of aromatic hydroxyl groups is 1. The van der Waals surface area contributed by atoms with Crippen molar-refractivity contribution in [2.45, 2.75) is 13.8 Å². The van der Waals surface area contributed by atoms with Gasteiger partial charge in [0.1, 0.15) is 5.75 Å². The van der Waals surface area contributed by atoms with Gasteiger partial charge in [-0.25, -0.2) is 0 Å². The summed E-state index contributed by atoms with van der Waals surface area (Å²) in [5.41, 5.74) is 0.885. The molecule has 0 unspecified atom stereocenters. The lowest BCUT2D eigenvalue weighted by molar-refractivity contribution is 0.102. The number of ketones is 1. The van der Waals surface area contributed by atoms with Gasteiger partial charge in [-0.2, -0.15) is 0 Å². The number of fused-ring (bicyclic) bond motifs is 1. The summed E-state index contributed by atoms with van der Waals surface area (Å²) in [6, 6.07) is 5.35. The Balaban J connectivity index is 2.87. The molecule has 0 atom stereocenters.